The van der Waals surface area contributed by atoms with Crippen LogP contribution in [0.25, 0.3) is 0 Å². The van der Waals surface area contributed by atoms with E-state index >= 15 is 4.79 Å². The van der Waals surface area contributed by atoms with E-state index in [0.29, 0.717) is 16.7 Å². The number of morpholine rings is 1. The highest BCUT2D eigenvalue weighted by Gasteiger charge is 2.75. The first-order valence-electron chi connectivity index (χ1n) is 18.1. The van der Waals surface area contributed by atoms with Gasteiger partial charge in [-0.2, -0.15) is 0 Å². The van der Waals surface area contributed by atoms with Crippen molar-refractivity contribution in [2.45, 2.75) is 49.5 Å². The predicted octanol–water partition coefficient (Wildman–Crippen LogP) is 5.27. The van der Waals surface area contributed by atoms with E-state index < -0.39 is 77.3 Å². The zero-order chi connectivity index (χ0) is 39.0. The number of benzene rings is 4. The second kappa shape index (κ2) is 14.9. The topological polar surface area (TPSA) is 155 Å². The van der Waals surface area contributed by atoms with Crippen molar-refractivity contribution >= 4 is 35.5 Å². The number of carbonyl (C=O) groups is 5. The number of rotatable bonds is 9. The van der Waals surface area contributed by atoms with Gasteiger partial charge in [-0.1, -0.05) is 111 Å². The Balaban J connectivity index is 1.53. The summed E-state index contributed by atoms with van der Waals surface area (Å²) < 4.78 is 11.4. The Morgan fingerprint density at radius 2 is 1.49 bits per heavy atom. The number of phenols is 1. The zero-order valence-electron chi connectivity index (χ0n) is 30.6. The number of imide groups is 1. The van der Waals surface area contributed by atoms with Gasteiger partial charge in [-0.05, 0) is 46.4 Å². The van der Waals surface area contributed by atoms with Crippen LogP contribution in [0, 0.1) is 11.8 Å². The minimum absolute atomic E-state index is 0.0288. The molecular weight excluding hydrogens is 700 g/mol. The number of methoxy groups -OCH3 is 1. The van der Waals surface area contributed by atoms with E-state index in [9.17, 15) is 24.3 Å². The number of ether oxygens (including phenoxy) is 2. The van der Waals surface area contributed by atoms with Crippen molar-refractivity contribution < 1.29 is 38.6 Å². The summed E-state index contributed by atoms with van der Waals surface area (Å²) in [6.45, 7) is 7.25. The number of cyclic esters (lactones) is 1. The summed E-state index contributed by atoms with van der Waals surface area (Å²) in [5, 5.41) is 16.0. The molecule has 3 N–H and O–H groups in total. The van der Waals surface area contributed by atoms with Gasteiger partial charge < -0.3 is 25.2 Å². The van der Waals surface area contributed by atoms with Gasteiger partial charge in [0.2, 0.25) is 11.8 Å². The van der Waals surface area contributed by atoms with Crippen LogP contribution >= 0.6 is 0 Å². The van der Waals surface area contributed by atoms with Gasteiger partial charge in [-0.25, -0.2) is 14.5 Å². The lowest BCUT2D eigenvalue weighted by Gasteiger charge is -2.46. The average Bonchev–Trinajstić information content (AvgIpc) is 3.66. The third-order valence-electron chi connectivity index (χ3n) is 10.9. The van der Waals surface area contributed by atoms with Crippen molar-refractivity contribution in [3.63, 3.8) is 0 Å². The Morgan fingerprint density at radius 1 is 0.873 bits per heavy atom. The van der Waals surface area contributed by atoms with Gasteiger partial charge in [-0.3, -0.25) is 19.3 Å². The molecule has 7 atom stereocenters. The molecule has 0 unspecified atom stereocenters. The number of urea groups is 1. The molecule has 0 radical (unpaired) electrons. The maximum atomic E-state index is 15.8. The van der Waals surface area contributed by atoms with Crippen molar-refractivity contribution in [1.29, 1.82) is 0 Å². The molecule has 3 heterocycles. The number of nitrogens with zero attached hydrogens (tertiary/aromatic N) is 2. The van der Waals surface area contributed by atoms with Crippen molar-refractivity contribution in [2.75, 3.05) is 18.6 Å². The molecule has 2 fully saturated rings. The first kappa shape index (κ1) is 37.1. The highest BCUT2D eigenvalue weighted by molar-refractivity contribution is 6.25. The summed E-state index contributed by atoms with van der Waals surface area (Å²) in [5.41, 5.74) is 0.540. The Labute approximate surface area is 318 Å². The fourth-order valence-corrected chi connectivity index (χ4v) is 8.63. The van der Waals surface area contributed by atoms with E-state index in [-0.39, 0.29) is 18.0 Å². The lowest BCUT2D eigenvalue weighted by Crippen LogP contribution is -2.57. The third kappa shape index (κ3) is 6.02. The van der Waals surface area contributed by atoms with Gasteiger partial charge in [0.25, 0.3) is 0 Å². The summed E-state index contributed by atoms with van der Waals surface area (Å²) >= 11 is 0. The van der Waals surface area contributed by atoms with Crippen molar-refractivity contribution in [1.82, 2.24) is 15.5 Å². The second-order valence-corrected chi connectivity index (χ2v) is 14.2. The average molecular weight is 743 g/mol. The quantitative estimate of drug-likeness (QED) is 0.154. The smallest absolute Gasteiger partial charge is 0.329 e. The minimum atomic E-state index is -1.93. The first-order valence-corrected chi connectivity index (χ1v) is 18.1. The number of para-hydroxylation sites is 1. The molecule has 4 aromatic carbocycles. The number of anilines is 1. The number of esters is 2. The number of hydrogen-bond donors (Lipinski definition) is 3. The molecule has 12 heteroatoms. The molecule has 55 heavy (non-hydrogen) atoms. The normalized spacial score (nSPS) is 24.8. The van der Waals surface area contributed by atoms with E-state index in [0.717, 1.165) is 10.5 Å². The van der Waals surface area contributed by atoms with Gasteiger partial charge in [-0.15, -0.1) is 6.58 Å². The number of nitrogens with one attached hydrogen (secondary N) is 2. The molecule has 0 saturated carbocycles. The molecule has 3 aliphatic heterocycles. The maximum absolute atomic E-state index is 15.8. The van der Waals surface area contributed by atoms with Crippen LogP contribution in [-0.4, -0.2) is 65.5 Å². The number of aromatic hydroxyl groups is 1. The Morgan fingerprint density at radius 3 is 2.11 bits per heavy atom. The largest absolute Gasteiger partial charge is 0.508 e. The van der Waals surface area contributed by atoms with Crippen LogP contribution in [0.5, 0.6) is 5.75 Å². The van der Waals surface area contributed by atoms with Gasteiger partial charge in [0.1, 0.15) is 29.4 Å². The van der Waals surface area contributed by atoms with Crippen LogP contribution in [0.2, 0.25) is 0 Å². The van der Waals surface area contributed by atoms with Crippen LogP contribution in [0.4, 0.5) is 10.5 Å². The summed E-state index contributed by atoms with van der Waals surface area (Å²) in [4.78, 5) is 75.6. The van der Waals surface area contributed by atoms with Crippen LogP contribution in [0.3, 0.4) is 0 Å². The predicted molar refractivity (Wildman–Crippen MR) is 202 cm³/mol. The Bertz CT molecular complexity index is 2130. The van der Waals surface area contributed by atoms with Crippen molar-refractivity contribution in [3.05, 3.63) is 144 Å². The molecular formula is C43H42N4O8. The second-order valence-electron chi connectivity index (χ2n) is 14.2. The zero-order valence-corrected chi connectivity index (χ0v) is 30.6. The highest BCUT2D eigenvalue weighted by Crippen LogP contribution is 2.65. The van der Waals surface area contributed by atoms with E-state index in [1.54, 1.807) is 50.2 Å². The number of carbonyl (C=O) groups excluding carboxylic acids is 5. The molecule has 1 spiro atoms. The van der Waals surface area contributed by atoms with Gasteiger partial charge in [0.05, 0.1) is 30.8 Å². The fraction of sp³-hybridized carbons (Fsp3) is 0.279. The Kier molecular flexibility index (Phi) is 10.0. The van der Waals surface area contributed by atoms with Gasteiger partial charge in [0.15, 0.2) is 0 Å². The molecule has 12 nitrogen and oxygen atoms in total. The van der Waals surface area contributed by atoms with E-state index in [4.69, 9.17) is 9.47 Å². The summed E-state index contributed by atoms with van der Waals surface area (Å²) in [5.74, 6) is -4.71. The van der Waals surface area contributed by atoms with Crippen LogP contribution in [-0.2, 0) is 34.1 Å². The van der Waals surface area contributed by atoms with Gasteiger partial charge in [0, 0.05) is 6.54 Å². The van der Waals surface area contributed by atoms with Crippen LogP contribution < -0.4 is 15.5 Å². The van der Waals surface area contributed by atoms with Crippen LogP contribution in [0.1, 0.15) is 54.3 Å². The van der Waals surface area contributed by atoms with E-state index in [2.05, 4.69) is 17.2 Å². The fourth-order valence-electron chi connectivity index (χ4n) is 8.63. The van der Waals surface area contributed by atoms with E-state index in [1.807, 2.05) is 65.6 Å². The molecule has 7 rings (SSSR count). The lowest BCUT2D eigenvalue weighted by molar-refractivity contribution is -0.178. The van der Waals surface area contributed by atoms with Crippen molar-refractivity contribution in [2.24, 2.45) is 11.8 Å². The highest BCUT2D eigenvalue weighted by atomic mass is 16.6. The molecule has 3 aliphatic rings. The molecule has 0 aliphatic carbocycles. The minimum Gasteiger partial charge on any atom is -0.508 e. The summed E-state index contributed by atoms with van der Waals surface area (Å²) in [6.07, 6.45) is 0.617. The monoisotopic (exact) mass is 742 g/mol. The number of phenolic OH excluding ortho intramolecular Hbond substituents is 1. The third-order valence-corrected chi connectivity index (χ3v) is 10.9. The number of fused-ring (bicyclic) bond motifs is 3. The van der Waals surface area contributed by atoms with Crippen LogP contribution in [0.15, 0.2) is 122 Å². The van der Waals surface area contributed by atoms with Gasteiger partial charge >= 0.3 is 18.0 Å². The molecule has 4 aromatic rings. The molecule has 0 bridgehead atoms. The number of amides is 4. The molecule has 2 saturated heterocycles. The summed E-state index contributed by atoms with van der Waals surface area (Å²) in [7, 11) is 1.21. The molecule has 282 valence electrons. The Hall–Kier alpha value is -6.27. The SMILES string of the molecule is C=CCNC(=O)[C@@H]1[C@H]2C(=O)O[C@H](c3ccccc3)[C@H](c3ccccc3)N2[C@H](c2ccc(O)cc2)[C@@]12C(=O)N(C(=O)N[C@H](C(=O)OC)C(C)C)c1ccccc12. The molecule has 0 aromatic heterocycles. The lowest BCUT2D eigenvalue weighted by atomic mass is 9.65. The molecule has 4 amide bonds. The maximum Gasteiger partial charge on any atom is 0.329 e. The number of hydrogen-bond acceptors (Lipinski definition) is 9. The standard InChI is InChI=1S/C43H42N4O8/c1-5-24-44-38(49)32-35-40(51)55-36(27-16-10-7-11-17-27)34(26-14-8-6-9-15-26)47(35)37(28-20-22-29(48)23-21-28)43(32)30-18-12-13-19-31(30)46(41(43)52)42(53)45-33(25(2)3)39(50)54-4/h5-23,25,32-37,48H,1,24H2,2-4H3,(H,44,49)(H,45,53)/t32-,33-,34-,35-,36+,37+,43-/m0/s1. The van der Waals surface area contributed by atoms with Crippen molar-refractivity contribution in [3.8, 4) is 5.75 Å². The summed E-state index contributed by atoms with van der Waals surface area (Å²) in [6, 6.07) is 26.5. The van der Waals surface area contributed by atoms with E-state index in [1.165, 1.54) is 25.3 Å². The first-order chi connectivity index (χ1) is 26.6.